The molecule has 7 aromatic carbocycles. The molecule has 266 valence electrons. The highest BCUT2D eigenvalue weighted by Gasteiger charge is 2.56. The zero-order chi connectivity index (χ0) is 37.2. The van der Waals surface area contributed by atoms with E-state index in [9.17, 15) is 0 Å². The lowest BCUT2D eigenvalue weighted by Gasteiger charge is -2.32. The quantitative estimate of drug-likeness (QED) is 0.165. The van der Waals surface area contributed by atoms with Gasteiger partial charge in [-0.2, -0.15) is 4.98 Å². The van der Waals surface area contributed by atoms with Gasteiger partial charge in [-0.05, 0) is 84.9 Å². The van der Waals surface area contributed by atoms with Crippen LogP contribution >= 0.6 is 0 Å². The van der Waals surface area contributed by atoms with Crippen LogP contribution in [0.5, 0.6) is 0 Å². The first kappa shape index (κ1) is 30.7. The van der Waals surface area contributed by atoms with Crippen molar-refractivity contribution in [2.24, 2.45) is 0 Å². The van der Waals surface area contributed by atoms with E-state index in [2.05, 4.69) is 187 Å². The van der Waals surface area contributed by atoms with Gasteiger partial charge in [-0.25, -0.2) is 4.98 Å². The van der Waals surface area contributed by atoms with Crippen LogP contribution in [0.2, 0.25) is 0 Å². The van der Waals surface area contributed by atoms with Gasteiger partial charge in [-0.1, -0.05) is 91.0 Å². The minimum Gasteiger partial charge on any atom is -0.438 e. The van der Waals surface area contributed by atoms with Crippen LogP contribution in [0, 0.1) is 0 Å². The van der Waals surface area contributed by atoms with Gasteiger partial charge < -0.3 is 33.3 Å². The van der Waals surface area contributed by atoms with Crippen molar-refractivity contribution in [2.75, 3.05) is 28.9 Å². The summed E-state index contributed by atoms with van der Waals surface area (Å²) in [5.74, 6) is 0.571. The van der Waals surface area contributed by atoms with E-state index in [1.54, 1.807) is 0 Å². The van der Waals surface area contributed by atoms with Crippen LogP contribution in [0.1, 0.15) is 0 Å². The number of nitrogens with zero attached hydrogens (tertiary/aromatic N) is 8. The van der Waals surface area contributed by atoms with Crippen molar-refractivity contribution in [1.82, 2.24) is 9.97 Å². The predicted molar refractivity (Wildman–Crippen MR) is 232 cm³/mol. The van der Waals surface area contributed by atoms with E-state index in [-0.39, 0.29) is 14.2 Å². The fourth-order valence-electron chi connectivity index (χ4n) is 9.44. The fourth-order valence-corrected chi connectivity index (χ4v) is 9.44. The average molecular weight is 732 g/mol. The van der Waals surface area contributed by atoms with E-state index < -0.39 is 0 Å². The second-order valence-electron chi connectivity index (χ2n) is 14.7. The van der Waals surface area contributed by atoms with Crippen LogP contribution in [-0.2, 0) is 0 Å². The highest BCUT2D eigenvalue weighted by Crippen LogP contribution is 2.59. The van der Waals surface area contributed by atoms with Crippen molar-refractivity contribution < 1.29 is 4.42 Å². The number of para-hydroxylation sites is 9. The molecule has 0 spiro atoms. The number of benzene rings is 7. The SMILES string of the molecule is c1ccc(N2B3N(c4ccc5c(c4)N4B(N5c5ccccc5)N(c5ncc6c(n5)oc5ccccc56)c5ccccc54)c4ccccc4N3c3ccccc32)cc1. The molecule has 2 aromatic heterocycles. The van der Waals surface area contributed by atoms with Gasteiger partial charge >= 0.3 is 14.2 Å². The maximum atomic E-state index is 6.31. The molecule has 13 rings (SSSR count). The summed E-state index contributed by atoms with van der Waals surface area (Å²) in [6.45, 7) is 0. The lowest BCUT2D eigenvalue weighted by Crippen LogP contribution is -2.52. The van der Waals surface area contributed by atoms with Gasteiger partial charge in [0.25, 0.3) is 0 Å². The standard InChI is InChI=1S/C46H30B2N8O/c1-3-15-31(16-4-1)51-36-20-8-10-22-38(36)54-39-23-11-9-21-37(39)53(47(51)54)33-27-28-42-43(29-33)55-40-24-12-13-25-41(40)56(48(55)52(42)32-17-5-2-6-18-32)46-49-30-35-34-19-7-14-26-44(34)57-45(35)50-46/h1-30H. The van der Waals surface area contributed by atoms with E-state index in [0.717, 1.165) is 61.9 Å². The predicted octanol–water partition coefficient (Wildman–Crippen LogP) is 11.2. The Morgan fingerprint density at radius 1 is 0.368 bits per heavy atom. The first-order valence-corrected chi connectivity index (χ1v) is 19.2. The lowest BCUT2D eigenvalue weighted by molar-refractivity contribution is 0.653. The Kier molecular flexibility index (Phi) is 6.15. The molecule has 0 atom stereocenters. The van der Waals surface area contributed by atoms with E-state index >= 15 is 0 Å². The molecule has 6 heterocycles. The molecule has 11 heteroatoms. The zero-order valence-corrected chi connectivity index (χ0v) is 30.5. The molecule has 0 amide bonds. The number of anilines is 12. The summed E-state index contributed by atoms with van der Waals surface area (Å²) in [5, 5.41) is 1.91. The average Bonchev–Trinajstić information content (AvgIpc) is 4.06. The Labute approximate surface area is 329 Å². The molecular formula is C46H30B2N8O. The molecule has 9 nitrogen and oxygen atoms in total. The molecule has 4 aliphatic rings. The number of hydrogen-bond acceptors (Lipinski definition) is 9. The molecule has 4 aliphatic heterocycles. The van der Waals surface area contributed by atoms with Gasteiger partial charge in [0.05, 0.1) is 50.9 Å². The maximum absolute atomic E-state index is 6.31. The monoisotopic (exact) mass is 732 g/mol. The van der Waals surface area contributed by atoms with Crippen LogP contribution in [0.15, 0.2) is 187 Å². The maximum Gasteiger partial charge on any atom is 0.521 e. The number of hydrogen-bond donors (Lipinski definition) is 0. The normalized spacial score (nSPS) is 14.7. The molecular weight excluding hydrogens is 702 g/mol. The number of fused-ring (bicyclic) bond motifs is 13. The third kappa shape index (κ3) is 4.14. The Hall–Kier alpha value is -7.65. The smallest absolute Gasteiger partial charge is 0.438 e. The van der Waals surface area contributed by atoms with Gasteiger partial charge in [0, 0.05) is 28.6 Å². The van der Waals surface area contributed by atoms with Gasteiger partial charge in [0.15, 0.2) is 0 Å². The summed E-state index contributed by atoms with van der Waals surface area (Å²) in [4.78, 5) is 24.7. The molecule has 0 bridgehead atoms. The summed E-state index contributed by atoms with van der Waals surface area (Å²) in [6.07, 6.45) is 1.90. The summed E-state index contributed by atoms with van der Waals surface area (Å²) >= 11 is 0. The Morgan fingerprint density at radius 3 is 1.44 bits per heavy atom. The highest BCUT2D eigenvalue weighted by atomic mass is 16.3. The van der Waals surface area contributed by atoms with Crippen molar-refractivity contribution in [1.29, 1.82) is 0 Å². The fraction of sp³-hybridized carbons (Fsp3) is 0. The van der Waals surface area contributed by atoms with Gasteiger partial charge in [-0.15, -0.1) is 0 Å². The largest absolute Gasteiger partial charge is 0.521 e. The van der Waals surface area contributed by atoms with Crippen LogP contribution in [0.3, 0.4) is 0 Å². The van der Waals surface area contributed by atoms with Gasteiger partial charge in [-0.3, -0.25) is 0 Å². The van der Waals surface area contributed by atoms with E-state index in [4.69, 9.17) is 14.4 Å². The molecule has 0 fully saturated rings. The van der Waals surface area contributed by atoms with Crippen molar-refractivity contribution in [3.05, 3.63) is 182 Å². The van der Waals surface area contributed by atoms with Crippen molar-refractivity contribution >= 4 is 105 Å². The zero-order valence-electron chi connectivity index (χ0n) is 30.5. The lowest BCUT2D eigenvalue weighted by atomic mass is 9.86. The Balaban J connectivity index is 1.01. The van der Waals surface area contributed by atoms with Crippen molar-refractivity contribution in [3.63, 3.8) is 0 Å². The van der Waals surface area contributed by atoms with E-state index in [0.29, 0.717) is 11.7 Å². The molecule has 0 saturated carbocycles. The molecule has 9 aromatic rings. The second-order valence-corrected chi connectivity index (χ2v) is 14.7. The molecule has 0 unspecified atom stereocenters. The van der Waals surface area contributed by atoms with Crippen LogP contribution in [0.25, 0.3) is 22.1 Å². The highest BCUT2D eigenvalue weighted by molar-refractivity contribution is 6.81. The van der Waals surface area contributed by atoms with Gasteiger partial charge in [0.2, 0.25) is 11.7 Å². The number of rotatable bonds is 4. The molecule has 0 radical (unpaired) electrons. The first-order valence-electron chi connectivity index (χ1n) is 19.2. The minimum atomic E-state index is -0.323. The third-order valence-electron chi connectivity index (χ3n) is 11.8. The third-order valence-corrected chi connectivity index (χ3v) is 11.8. The van der Waals surface area contributed by atoms with Crippen LogP contribution < -0.4 is 28.9 Å². The van der Waals surface area contributed by atoms with Crippen molar-refractivity contribution in [3.8, 4) is 0 Å². The van der Waals surface area contributed by atoms with Gasteiger partial charge in [0.1, 0.15) is 5.58 Å². The number of aromatic nitrogens is 2. The first-order chi connectivity index (χ1) is 28.3. The molecule has 0 N–H and O–H groups in total. The summed E-state index contributed by atoms with van der Waals surface area (Å²) in [6, 6.07) is 62.3. The minimum absolute atomic E-state index is 0.158. The van der Waals surface area contributed by atoms with E-state index in [1.807, 2.05) is 24.4 Å². The van der Waals surface area contributed by atoms with Crippen LogP contribution in [-0.4, -0.2) is 24.2 Å². The number of furan rings is 1. The summed E-state index contributed by atoms with van der Waals surface area (Å²) < 4.78 is 6.31. The topological polar surface area (TPSA) is 58.4 Å². The van der Waals surface area contributed by atoms with Crippen LogP contribution in [0.4, 0.5) is 68.5 Å². The summed E-state index contributed by atoms with van der Waals surface area (Å²) in [7, 11) is -0.482. The van der Waals surface area contributed by atoms with E-state index in [1.165, 1.54) is 17.1 Å². The Morgan fingerprint density at radius 2 is 0.825 bits per heavy atom. The molecule has 0 saturated heterocycles. The molecule has 0 aliphatic carbocycles. The summed E-state index contributed by atoms with van der Waals surface area (Å²) in [5.41, 5.74) is 13.6. The van der Waals surface area contributed by atoms with Crippen molar-refractivity contribution in [2.45, 2.75) is 0 Å². The molecule has 57 heavy (non-hydrogen) atoms. The Bertz CT molecular complexity index is 3060. The second kappa shape index (κ2) is 11.4.